The second-order valence-electron chi connectivity index (χ2n) is 3.81. The Hall–Kier alpha value is -1.84. The van der Waals surface area contributed by atoms with Crippen LogP contribution in [-0.4, -0.2) is 18.0 Å². The molecule has 0 saturated carbocycles. The summed E-state index contributed by atoms with van der Waals surface area (Å²) in [6.45, 7) is 7.62. The average molecular weight is 234 g/mol. The number of rotatable bonds is 5. The maximum Gasteiger partial charge on any atom is 0.243 e. The van der Waals surface area contributed by atoms with Crippen LogP contribution in [0, 0.1) is 10.1 Å². The Morgan fingerprint density at radius 1 is 1.29 bits per heavy atom. The van der Waals surface area contributed by atoms with E-state index in [9.17, 15) is 10.1 Å². The second kappa shape index (κ2) is 6.03. The SMILES string of the molecule is CCN(CC)c1ccc(/C=C(\C)[N+](=O)[O-])cc1. The van der Waals surface area contributed by atoms with Crippen molar-refractivity contribution in [1.82, 2.24) is 0 Å². The van der Waals surface area contributed by atoms with Gasteiger partial charge in [-0.2, -0.15) is 0 Å². The number of nitro groups is 1. The van der Waals surface area contributed by atoms with Crippen molar-refractivity contribution in [1.29, 1.82) is 0 Å². The molecule has 1 aromatic carbocycles. The van der Waals surface area contributed by atoms with Gasteiger partial charge in [0.1, 0.15) is 0 Å². The molecule has 4 heteroatoms. The summed E-state index contributed by atoms with van der Waals surface area (Å²) in [6, 6.07) is 7.79. The highest BCUT2D eigenvalue weighted by atomic mass is 16.6. The number of hydrogen-bond acceptors (Lipinski definition) is 3. The normalized spacial score (nSPS) is 11.4. The first-order valence-electron chi connectivity index (χ1n) is 5.76. The molecule has 0 aliphatic carbocycles. The molecule has 0 unspecified atom stereocenters. The molecular weight excluding hydrogens is 216 g/mol. The molecule has 4 nitrogen and oxygen atoms in total. The molecule has 0 aliphatic heterocycles. The van der Waals surface area contributed by atoms with Crippen molar-refractivity contribution in [3.05, 3.63) is 45.6 Å². The molecule has 0 radical (unpaired) electrons. The Bertz CT molecular complexity index is 406. The molecule has 0 aromatic heterocycles. The van der Waals surface area contributed by atoms with E-state index in [1.807, 2.05) is 24.3 Å². The molecule has 0 aliphatic rings. The molecule has 0 bridgehead atoms. The highest BCUT2D eigenvalue weighted by Crippen LogP contribution is 2.16. The predicted octanol–water partition coefficient (Wildman–Crippen LogP) is 3.17. The molecule has 0 atom stereocenters. The van der Waals surface area contributed by atoms with Gasteiger partial charge in [-0.3, -0.25) is 10.1 Å². The van der Waals surface area contributed by atoms with Gasteiger partial charge < -0.3 is 4.90 Å². The van der Waals surface area contributed by atoms with Crippen LogP contribution in [0.15, 0.2) is 30.0 Å². The molecule has 0 amide bonds. The van der Waals surface area contributed by atoms with Gasteiger partial charge in [0.25, 0.3) is 0 Å². The summed E-state index contributed by atoms with van der Waals surface area (Å²) in [7, 11) is 0. The van der Waals surface area contributed by atoms with Gasteiger partial charge in [-0.1, -0.05) is 12.1 Å². The average Bonchev–Trinajstić information content (AvgIpc) is 2.32. The summed E-state index contributed by atoms with van der Waals surface area (Å²) in [5.41, 5.74) is 2.15. The molecule has 1 rings (SSSR count). The largest absolute Gasteiger partial charge is 0.372 e. The van der Waals surface area contributed by atoms with Gasteiger partial charge >= 0.3 is 0 Å². The number of benzene rings is 1. The zero-order valence-electron chi connectivity index (χ0n) is 10.5. The zero-order valence-corrected chi connectivity index (χ0v) is 10.5. The maximum atomic E-state index is 10.5. The zero-order chi connectivity index (χ0) is 12.8. The van der Waals surface area contributed by atoms with E-state index in [1.165, 1.54) is 6.92 Å². The van der Waals surface area contributed by atoms with E-state index in [0.717, 1.165) is 24.3 Å². The van der Waals surface area contributed by atoms with Crippen LogP contribution < -0.4 is 4.90 Å². The fourth-order valence-corrected chi connectivity index (χ4v) is 1.66. The standard InChI is InChI=1S/C13H18N2O2/c1-4-14(5-2)13-8-6-12(7-9-13)10-11(3)15(16)17/h6-10H,4-5H2,1-3H3/b11-10+. The molecule has 0 N–H and O–H groups in total. The topological polar surface area (TPSA) is 46.4 Å². The molecule has 0 fully saturated rings. The van der Waals surface area contributed by atoms with Crippen molar-refractivity contribution in [2.75, 3.05) is 18.0 Å². The Balaban J connectivity index is 2.88. The van der Waals surface area contributed by atoms with Crippen LogP contribution in [0.3, 0.4) is 0 Å². The quantitative estimate of drug-likeness (QED) is 0.580. The van der Waals surface area contributed by atoms with Crippen molar-refractivity contribution in [3.8, 4) is 0 Å². The third-order valence-corrected chi connectivity index (χ3v) is 2.69. The van der Waals surface area contributed by atoms with Crippen LogP contribution in [0.25, 0.3) is 6.08 Å². The van der Waals surface area contributed by atoms with Crippen molar-refractivity contribution >= 4 is 11.8 Å². The van der Waals surface area contributed by atoms with E-state index in [-0.39, 0.29) is 10.6 Å². The summed E-state index contributed by atoms with van der Waals surface area (Å²) in [4.78, 5) is 12.4. The molecule has 0 heterocycles. The van der Waals surface area contributed by atoms with Gasteiger partial charge in [-0.25, -0.2) is 0 Å². The van der Waals surface area contributed by atoms with E-state index in [1.54, 1.807) is 6.08 Å². The van der Waals surface area contributed by atoms with Crippen LogP contribution >= 0.6 is 0 Å². The number of hydrogen-bond donors (Lipinski definition) is 0. The van der Waals surface area contributed by atoms with Crippen LogP contribution in [0.5, 0.6) is 0 Å². The van der Waals surface area contributed by atoms with Crippen LogP contribution in [0.4, 0.5) is 5.69 Å². The molecule has 1 aromatic rings. The fourth-order valence-electron chi connectivity index (χ4n) is 1.66. The molecule has 92 valence electrons. The number of allylic oxidation sites excluding steroid dienone is 1. The summed E-state index contributed by atoms with van der Waals surface area (Å²) in [6.07, 6.45) is 1.58. The van der Waals surface area contributed by atoms with Gasteiger partial charge in [0.05, 0.1) is 4.92 Å². The first-order chi connectivity index (χ1) is 8.08. The van der Waals surface area contributed by atoms with Crippen molar-refractivity contribution in [2.24, 2.45) is 0 Å². The Kier molecular flexibility index (Phi) is 4.69. The Morgan fingerprint density at radius 3 is 2.24 bits per heavy atom. The number of nitrogens with zero attached hydrogens (tertiary/aromatic N) is 2. The lowest BCUT2D eigenvalue weighted by Crippen LogP contribution is -2.21. The van der Waals surface area contributed by atoms with E-state index >= 15 is 0 Å². The van der Waals surface area contributed by atoms with Gasteiger partial charge in [-0.05, 0) is 31.5 Å². The third-order valence-electron chi connectivity index (χ3n) is 2.69. The van der Waals surface area contributed by atoms with E-state index in [0.29, 0.717) is 0 Å². The van der Waals surface area contributed by atoms with E-state index < -0.39 is 0 Å². The third kappa shape index (κ3) is 3.59. The van der Waals surface area contributed by atoms with Gasteiger partial charge in [0.15, 0.2) is 0 Å². The van der Waals surface area contributed by atoms with Crippen molar-refractivity contribution in [3.63, 3.8) is 0 Å². The summed E-state index contributed by atoms with van der Waals surface area (Å²) in [5.74, 6) is 0. The minimum Gasteiger partial charge on any atom is -0.372 e. The predicted molar refractivity (Wildman–Crippen MR) is 70.6 cm³/mol. The minimum atomic E-state index is -0.377. The van der Waals surface area contributed by atoms with Gasteiger partial charge in [0, 0.05) is 31.8 Å². The fraction of sp³-hybridized carbons (Fsp3) is 0.385. The molecule has 0 spiro atoms. The lowest BCUT2D eigenvalue weighted by molar-refractivity contribution is -0.422. The summed E-state index contributed by atoms with van der Waals surface area (Å²) < 4.78 is 0. The number of anilines is 1. The molecule has 17 heavy (non-hydrogen) atoms. The van der Waals surface area contributed by atoms with Crippen LogP contribution in [-0.2, 0) is 0 Å². The Labute approximate surface area is 102 Å². The van der Waals surface area contributed by atoms with Gasteiger partial charge in [0.2, 0.25) is 5.70 Å². The van der Waals surface area contributed by atoms with Crippen LogP contribution in [0.2, 0.25) is 0 Å². The Morgan fingerprint density at radius 2 is 1.82 bits per heavy atom. The van der Waals surface area contributed by atoms with E-state index in [2.05, 4.69) is 18.7 Å². The van der Waals surface area contributed by atoms with E-state index in [4.69, 9.17) is 0 Å². The second-order valence-corrected chi connectivity index (χ2v) is 3.81. The van der Waals surface area contributed by atoms with Gasteiger partial charge in [-0.15, -0.1) is 0 Å². The maximum absolute atomic E-state index is 10.5. The molecule has 0 saturated heterocycles. The van der Waals surface area contributed by atoms with Crippen molar-refractivity contribution in [2.45, 2.75) is 20.8 Å². The lowest BCUT2D eigenvalue weighted by Gasteiger charge is -2.20. The van der Waals surface area contributed by atoms with Crippen molar-refractivity contribution < 1.29 is 4.92 Å². The first-order valence-corrected chi connectivity index (χ1v) is 5.76. The minimum absolute atomic E-state index is 0.153. The smallest absolute Gasteiger partial charge is 0.243 e. The highest BCUT2D eigenvalue weighted by molar-refractivity contribution is 5.56. The highest BCUT2D eigenvalue weighted by Gasteiger charge is 2.03. The van der Waals surface area contributed by atoms with Crippen LogP contribution in [0.1, 0.15) is 26.3 Å². The summed E-state index contributed by atoms with van der Waals surface area (Å²) in [5, 5.41) is 10.5. The summed E-state index contributed by atoms with van der Waals surface area (Å²) >= 11 is 0. The molecular formula is C13H18N2O2. The monoisotopic (exact) mass is 234 g/mol. The lowest BCUT2D eigenvalue weighted by atomic mass is 10.1. The first kappa shape index (κ1) is 13.2.